The van der Waals surface area contributed by atoms with Crippen molar-refractivity contribution in [2.75, 3.05) is 0 Å². The van der Waals surface area contributed by atoms with E-state index >= 15 is 0 Å². The Balaban J connectivity index is 1.68. The molecule has 1 aliphatic carbocycles. The fourth-order valence-electron chi connectivity index (χ4n) is 2.54. The van der Waals surface area contributed by atoms with Crippen molar-refractivity contribution >= 4 is 11.8 Å². The van der Waals surface area contributed by atoms with Crippen LogP contribution in [0.4, 0.5) is 13.2 Å². The molecular formula is C14H12F3N3S. The largest absolute Gasteiger partial charge is 0.239 e. The fraction of sp³-hybridized carbons (Fsp3) is 0.429. The van der Waals surface area contributed by atoms with Crippen molar-refractivity contribution in [1.82, 2.24) is 14.8 Å². The number of halogens is 3. The van der Waals surface area contributed by atoms with E-state index in [2.05, 4.69) is 10.1 Å². The van der Waals surface area contributed by atoms with Crippen LogP contribution >= 0.6 is 11.8 Å². The third kappa shape index (κ3) is 2.33. The van der Waals surface area contributed by atoms with Gasteiger partial charge in [0.25, 0.3) is 0 Å². The van der Waals surface area contributed by atoms with E-state index in [1.54, 1.807) is 11.8 Å². The van der Waals surface area contributed by atoms with Gasteiger partial charge in [0.1, 0.15) is 0 Å². The number of hydrogen-bond donors (Lipinski definition) is 0. The fourth-order valence-corrected chi connectivity index (χ4v) is 3.49. The summed E-state index contributed by atoms with van der Waals surface area (Å²) in [6.45, 7) is 0. The van der Waals surface area contributed by atoms with E-state index in [-0.39, 0.29) is 12.2 Å². The highest BCUT2D eigenvalue weighted by atomic mass is 32.2. The summed E-state index contributed by atoms with van der Waals surface area (Å²) in [5, 5.41) is 5.45. The number of rotatable bonds is 3. The van der Waals surface area contributed by atoms with Crippen LogP contribution < -0.4 is 0 Å². The molecular weight excluding hydrogens is 299 g/mol. The molecule has 0 N–H and O–H groups in total. The highest BCUT2D eigenvalue weighted by Gasteiger charge is 2.36. The van der Waals surface area contributed by atoms with Crippen LogP contribution in [0.25, 0.3) is 0 Å². The van der Waals surface area contributed by atoms with Crippen molar-refractivity contribution in [1.29, 1.82) is 0 Å². The van der Waals surface area contributed by atoms with Crippen molar-refractivity contribution in [3.05, 3.63) is 41.2 Å². The molecule has 110 valence electrons. The molecule has 0 bridgehead atoms. The molecule has 0 amide bonds. The Labute approximate surface area is 123 Å². The van der Waals surface area contributed by atoms with Gasteiger partial charge in [-0.25, -0.2) is 22.8 Å². The first-order valence-corrected chi connectivity index (χ1v) is 7.72. The first kappa shape index (κ1) is 13.2. The Morgan fingerprint density at radius 1 is 1.19 bits per heavy atom. The number of aromatic nitrogens is 3. The van der Waals surface area contributed by atoms with Gasteiger partial charge in [-0.05, 0) is 30.5 Å². The minimum atomic E-state index is -1.22. The average molecular weight is 311 g/mol. The zero-order valence-electron chi connectivity index (χ0n) is 11.0. The van der Waals surface area contributed by atoms with Gasteiger partial charge in [-0.15, -0.1) is 5.10 Å². The molecule has 1 aromatic carbocycles. The summed E-state index contributed by atoms with van der Waals surface area (Å²) in [4.78, 5) is 4.24. The van der Waals surface area contributed by atoms with Gasteiger partial charge in [0.05, 0.1) is 6.04 Å². The highest BCUT2D eigenvalue weighted by Crippen LogP contribution is 2.43. The summed E-state index contributed by atoms with van der Waals surface area (Å²) in [5.74, 6) is -1.55. The lowest BCUT2D eigenvalue weighted by Crippen LogP contribution is -2.08. The Morgan fingerprint density at radius 2 is 2.00 bits per heavy atom. The average Bonchev–Trinajstić information content (AvgIpc) is 3.08. The summed E-state index contributed by atoms with van der Waals surface area (Å²) in [6.07, 6.45) is 1.22. The van der Waals surface area contributed by atoms with Gasteiger partial charge < -0.3 is 0 Å². The van der Waals surface area contributed by atoms with Crippen molar-refractivity contribution in [2.45, 2.75) is 41.9 Å². The molecule has 21 heavy (non-hydrogen) atoms. The molecule has 0 saturated heterocycles. The Bertz CT molecular complexity index is 699. The monoisotopic (exact) mass is 311 g/mol. The van der Waals surface area contributed by atoms with Crippen LogP contribution in [0.15, 0.2) is 23.4 Å². The molecule has 2 atom stereocenters. The lowest BCUT2D eigenvalue weighted by Gasteiger charge is -2.12. The number of benzene rings is 1. The molecule has 1 fully saturated rings. The summed E-state index contributed by atoms with van der Waals surface area (Å²) < 4.78 is 42.0. The number of hydrogen-bond acceptors (Lipinski definition) is 3. The van der Waals surface area contributed by atoms with E-state index < -0.39 is 23.8 Å². The second-order valence-electron chi connectivity index (χ2n) is 5.41. The third-order valence-electron chi connectivity index (χ3n) is 3.77. The number of fused-ring (bicyclic) bond motifs is 1. The molecule has 1 aromatic heterocycles. The molecule has 1 saturated carbocycles. The lowest BCUT2D eigenvalue weighted by atomic mass is 10.0. The number of nitrogens with zero attached hydrogens (tertiary/aromatic N) is 3. The van der Waals surface area contributed by atoms with Crippen LogP contribution in [0.1, 0.15) is 42.9 Å². The predicted molar refractivity (Wildman–Crippen MR) is 71.9 cm³/mol. The topological polar surface area (TPSA) is 30.7 Å². The van der Waals surface area contributed by atoms with Crippen LogP contribution in [-0.4, -0.2) is 20.0 Å². The third-order valence-corrected chi connectivity index (χ3v) is 4.96. The Kier molecular flexibility index (Phi) is 2.99. The van der Waals surface area contributed by atoms with Crippen molar-refractivity contribution in [2.24, 2.45) is 0 Å². The maximum atomic E-state index is 14.1. The minimum Gasteiger partial charge on any atom is -0.239 e. The van der Waals surface area contributed by atoms with Gasteiger partial charge in [0.2, 0.25) is 5.16 Å². The van der Waals surface area contributed by atoms with Crippen LogP contribution in [-0.2, 0) is 0 Å². The first-order valence-electron chi connectivity index (χ1n) is 6.84. The van der Waals surface area contributed by atoms with E-state index in [9.17, 15) is 13.2 Å². The molecule has 2 heterocycles. The van der Waals surface area contributed by atoms with E-state index in [1.807, 2.05) is 0 Å². The molecule has 0 spiro atoms. The lowest BCUT2D eigenvalue weighted by molar-refractivity contribution is 0.326. The molecule has 7 heteroatoms. The van der Waals surface area contributed by atoms with Gasteiger partial charge in [-0.3, -0.25) is 0 Å². The molecule has 3 nitrogen and oxygen atoms in total. The smallest absolute Gasteiger partial charge is 0.209 e. The summed E-state index contributed by atoms with van der Waals surface area (Å²) in [5.41, 5.74) is 0.517. The SMILES string of the molecule is Fc1ccc(C2CC(F)c3nc(SC4CC4)nn32)cc1F. The van der Waals surface area contributed by atoms with E-state index in [0.29, 0.717) is 16.0 Å². The van der Waals surface area contributed by atoms with Gasteiger partial charge in [0.15, 0.2) is 23.6 Å². The molecule has 0 radical (unpaired) electrons. The van der Waals surface area contributed by atoms with E-state index in [0.717, 1.165) is 25.0 Å². The number of alkyl halides is 1. The van der Waals surface area contributed by atoms with Crippen molar-refractivity contribution in [3.63, 3.8) is 0 Å². The molecule has 2 aromatic rings. The van der Waals surface area contributed by atoms with Crippen molar-refractivity contribution in [3.8, 4) is 0 Å². The standard InChI is InChI=1S/C14H12F3N3S/c15-9-4-1-7(5-10(9)16)12-6-11(17)13-18-14(19-20(12)13)21-8-2-3-8/h1,4-5,8,11-12H,2-3,6H2. The highest BCUT2D eigenvalue weighted by molar-refractivity contribution is 8.00. The Morgan fingerprint density at radius 3 is 2.71 bits per heavy atom. The zero-order chi connectivity index (χ0) is 14.6. The molecule has 2 aliphatic rings. The van der Waals surface area contributed by atoms with Crippen molar-refractivity contribution < 1.29 is 13.2 Å². The van der Waals surface area contributed by atoms with Gasteiger partial charge in [0, 0.05) is 11.7 Å². The molecule has 4 rings (SSSR count). The normalized spacial score (nSPS) is 24.3. The summed E-state index contributed by atoms with van der Waals surface area (Å²) >= 11 is 1.55. The summed E-state index contributed by atoms with van der Waals surface area (Å²) in [6, 6.07) is 3.22. The second kappa shape index (κ2) is 4.76. The van der Waals surface area contributed by atoms with Crippen LogP contribution in [0, 0.1) is 11.6 Å². The molecule has 1 aliphatic heterocycles. The Hall–Kier alpha value is -1.50. The minimum absolute atomic E-state index is 0.161. The van der Waals surface area contributed by atoms with Gasteiger partial charge in [-0.1, -0.05) is 17.8 Å². The van der Waals surface area contributed by atoms with Crippen LogP contribution in [0.5, 0.6) is 0 Å². The predicted octanol–water partition coefficient (Wildman–Crippen LogP) is 3.81. The second-order valence-corrected chi connectivity index (χ2v) is 6.67. The van der Waals surface area contributed by atoms with Gasteiger partial charge in [-0.2, -0.15) is 0 Å². The first-order chi connectivity index (χ1) is 10.1. The quantitative estimate of drug-likeness (QED) is 0.863. The van der Waals surface area contributed by atoms with Crippen LogP contribution in [0.3, 0.4) is 0 Å². The summed E-state index contributed by atoms with van der Waals surface area (Å²) in [7, 11) is 0. The zero-order valence-corrected chi connectivity index (χ0v) is 11.8. The number of thioether (sulfide) groups is 1. The van der Waals surface area contributed by atoms with E-state index in [4.69, 9.17) is 0 Å². The van der Waals surface area contributed by atoms with Crippen LogP contribution in [0.2, 0.25) is 0 Å². The molecule has 2 unspecified atom stereocenters. The van der Waals surface area contributed by atoms with E-state index in [1.165, 1.54) is 10.7 Å². The maximum absolute atomic E-state index is 14.1. The van der Waals surface area contributed by atoms with Gasteiger partial charge >= 0.3 is 0 Å². The maximum Gasteiger partial charge on any atom is 0.209 e.